The van der Waals surface area contributed by atoms with Crippen molar-refractivity contribution in [1.29, 1.82) is 0 Å². The maximum atomic E-state index is 12.3. The lowest BCUT2D eigenvalue weighted by atomic mass is 10.2. The van der Waals surface area contributed by atoms with E-state index in [1.165, 1.54) is 36.4 Å². The zero-order valence-corrected chi connectivity index (χ0v) is 13.8. The predicted octanol–water partition coefficient (Wildman–Crippen LogP) is 1.01. The van der Waals surface area contributed by atoms with Crippen LogP contribution in [0.15, 0.2) is 53.4 Å². The SMILES string of the molecule is Cc1ccc(S(=O)(=O)Nc2cccc(C(=O)NCC(N)=O)c2)cc1. The van der Waals surface area contributed by atoms with Crippen LogP contribution in [0, 0.1) is 6.92 Å². The number of nitrogens with one attached hydrogen (secondary N) is 2. The van der Waals surface area contributed by atoms with Gasteiger partial charge in [0.25, 0.3) is 15.9 Å². The van der Waals surface area contributed by atoms with Crippen molar-refractivity contribution in [2.45, 2.75) is 11.8 Å². The number of sulfonamides is 1. The molecule has 7 nitrogen and oxygen atoms in total. The molecule has 0 radical (unpaired) electrons. The standard InChI is InChI=1S/C16H17N3O4S/c1-11-5-7-14(8-6-11)24(22,23)19-13-4-2-3-12(9-13)16(21)18-10-15(17)20/h2-9,19H,10H2,1H3,(H2,17,20)(H,18,21). The van der Waals surface area contributed by atoms with E-state index in [2.05, 4.69) is 10.0 Å². The number of hydrogen-bond donors (Lipinski definition) is 3. The number of carbonyl (C=O) groups is 2. The molecule has 24 heavy (non-hydrogen) atoms. The monoisotopic (exact) mass is 347 g/mol. The highest BCUT2D eigenvalue weighted by molar-refractivity contribution is 7.92. The summed E-state index contributed by atoms with van der Waals surface area (Å²) >= 11 is 0. The highest BCUT2D eigenvalue weighted by Gasteiger charge is 2.15. The van der Waals surface area contributed by atoms with Crippen LogP contribution >= 0.6 is 0 Å². The normalized spacial score (nSPS) is 10.9. The molecular formula is C16H17N3O4S. The van der Waals surface area contributed by atoms with Gasteiger partial charge in [0, 0.05) is 11.3 Å². The molecule has 0 aliphatic carbocycles. The average molecular weight is 347 g/mol. The Bertz CT molecular complexity index is 861. The zero-order valence-electron chi connectivity index (χ0n) is 12.9. The van der Waals surface area contributed by atoms with E-state index in [0.717, 1.165) is 5.56 Å². The molecule has 2 amide bonds. The van der Waals surface area contributed by atoms with E-state index >= 15 is 0 Å². The van der Waals surface area contributed by atoms with Gasteiger partial charge in [-0.25, -0.2) is 8.42 Å². The molecule has 0 spiro atoms. The number of carbonyl (C=O) groups excluding carboxylic acids is 2. The molecular weight excluding hydrogens is 330 g/mol. The van der Waals surface area contributed by atoms with Crippen LogP contribution in [0.3, 0.4) is 0 Å². The van der Waals surface area contributed by atoms with Crippen molar-refractivity contribution in [3.63, 3.8) is 0 Å². The van der Waals surface area contributed by atoms with Crippen molar-refractivity contribution in [3.05, 3.63) is 59.7 Å². The van der Waals surface area contributed by atoms with Gasteiger partial charge in [-0.05, 0) is 37.3 Å². The third-order valence-corrected chi connectivity index (χ3v) is 4.53. The van der Waals surface area contributed by atoms with Gasteiger partial charge in [0.15, 0.2) is 0 Å². The summed E-state index contributed by atoms with van der Waals surface area (Å²) in [7, 11) is -3.75. The third kappa shape index (κ3) is 4.56. The van der Waals surface area contributed by atoms with Crippen LogP contribution in [-0.4, -0.2) is 26.8 Å². The van der Waals surface area contributed by atoms with Crippen molar-refractivity contribution in [2.24, 2.45) is 5.73 Å². The molecule has 2 rings (SSSR count). The largest absolute Gasteiger partial charge is 0.368 e. The fourth-order valence-electron chi connectivity index (χ4n) is 1.92. The number of benzene rings is 2. The number of nitrogens with two attached hydrogens (primary N) is 1. The van der Waals surface area contributed by atoms with E-state index in [0.29, 0.717) is 0 Å². The molecule has 0 aliphatic rings. The minimum atomic E-state index is -3.75. The Morgan fingerprint density at radius 3 is 2.38 bits per heavy atom. The molecule has 0 saturated heterocycles. The predicted molar refractivity (Wildman–Crippen MR) is 90.0 cm³/mol. The van der Waals surface area contributed by atoms with Crippen LogP contribution in [0.25, 0.3) is 0 Å². The van der Waals surface area contributed by atoms with Gasteiger partial charge < -0.3 is 11.1 Å². The summed E-state index contributed by atoms with van der Waals surface area (Å²) in [6.07, 6.45) is 0. The molecule has 126 valence electrons. The Hall–Kier alpha value is -2.87. The van der Waals surface area contributed by atoms with Gasteiger partial charge in [-0.2, -0.15) is 0 Å². The first kappa shape index (κ1) is 17.5. The maximum absolute atomic E-state index is 12.3. The Balaban J connectivity index is 2.18. The summed E-state index contributed by atoms with van der Waals surface area (Å²) in [5.74, 6) is -1.19. The summed E-state index contributed by atoms with van der Waals surface area (Å²) in [6, 6.07) is 12.3. The molecule has 0 atom stereocenters. The van der Waals surface area contributed by atoms with Crippen LogP contribution in [0.2, 0.25) is 0 Å². The Kier molecular flexibility index (Phi) is 5.20. The molecule has 2 aromatic rings. The Labute approximate surface area is 139 Å². The highest BCUT2D eigenvalue weighted by atomic mass is 32.2. The second-order valence-electron chi connectivity index (χ2n) is 5.15. The van der Waals surface area contributed by atoms with Crippen LogP contribution in [0.5, 0.6) is 0 Å². The van der Waals surface area contributed by atoms with Gasteiger partial charge in [0.1, 0.15) is 0 Å². The number of primary amides is 1. The molecule has 0 unspecified atom stereocenters. The molecule has 8 heteroatoms. The Morgan fingerprint density at radius 1 is 1.08 bits per heavy atom. The van der Waals surface area contributed by atoms with Gasteiger partial charge in [-0.1, -0.05) is 23.8 Å². The fraction of sp³-hybridized carbons (Fsp3) is 0.125. The van der Waals surface area contributed by atoms with Gasteiger partial charge in [0.05, 0.1) is 11.4 Å². The van der Waals surface area contributed by atoms with E-state index in [1.54, 1.807) is 12.1 Å². The van der Waals surface area contributed by atoms with Crippen LogP contribution in [0.1, 0.15) is 15.9 Å². The fourth-order valence-corrected chi connectivity index (χ4v) is 2.97. The first-order valence-corrected chi connectivity index (χ1v) is 8.52. The molecule has 0 aliphatic heterocycles. The maximum Gasteiger partial charge on any atom is 0.261 e. The van der Waals surface area contributed by atoms with Crippen LogP contribution < -0.4 is 15.8 Å². The number of amides is 2. The number of aryl methyl sites for hydroxylation is 1. The van der Waals surface area contributed by atoms with Crippen molar-refractivity contribution in [2.75, 3.05) is 11.3 Å². The van der Waals surface area contributed by atoms with E-state index in [1.807, 2.05) is 6.92 Å². The molecule has 0 bridgehead atoms. The van der Waals surface area contributed by atoms with Crippen LogP contribution in [-0.2, 0) is 14.8 Å². The van der Waals surface area contributed by atoms with Crippen LogP contribution in [0.4, 0.5) is 5.69 Å². The number of hydrogen-bond acceptors (Lipinski definition) is 4. The minimum Gasteiger partial charge on any atom is -0.368 e. The number of anilines is 1. The molecule has 4 N–H and O–H groups in total. The quantitative estimate of drug-likeness (QED) is 0.722. The topological polar surface area (TPSA) is 118 Å². The summed E-state index contributed by atoms with van der Waals surface area (Å²) in [4.78, 5) is 22.7. The van der Waals surface area contributed by atoms with Crippen molar-refractivity contribution < 1.29 is 18.0 Å². The Morgan fingerprint density at radius 2 is 1.75 bits per heavy atom. The van der Waals surface area contributed by atoms with E-state index in [-0.39, 0.29) is 22.7 Å². The third-order valence-electron chi connectivity index (χ3n) is 3.13. The van der Waals surface area contributed by atoms with E-state index < -0.39 is 21.8 Å². The van der Waals surface area contributed by atoms with Gasteiger partial charge in [-0.15, -0.1) is 0 Å². The first-order chi connectivity index (χ1) is 11.3. The highest BCUT2D eigenvalue weighted by Crippen LogP contribution is 2.17. The summed E-state index contributed by atoms with van der Waals surface area (Å²) in [6.45, 7) is 1.57. The van der Waals surface area contributed by atoms with Crippen molar-refractivity contribution in [3.8, 4) is 0 Å². The summed E-state index contributed by atoms with van der Waals surface area (Å²) < 4.78 is 27.1. The zero-order chi connectivity index (χ0) is 17.7. The molecule has 2 aromatic carbocycles. The van der Waals surface area contributed by atoms with Gasteiger partial charge >= 0.3 is 0 Å². The van der Waals surface area contributed by atoms with Gasteiger partial charge in [-0.3, -0.25) is 14.3 Å². The lowest BCUT2D eigenvalue weighted by molar-refractivity contribution is -0.117. The van der Waals surface area contributed by atoms with Crippen molar-refractivity contribution >= 4 is 27.5 Å². The van der Waals surface area contributed by atoms with Crippen molar-refractivity contribution in [1.82, 2.24) is 5.32 Å². The summed E-state index contributed by atoms with van der Waals surface area (Å²) in [5, 5.41) is 2.34. The number of rotatable bonds is 6. The summed E-state index contributed by atoms with van der Waals surface area (Å²) in [5.41, 5.74) is 6.35. The van der Waals surface area contributed by atoms with Gasteiger partial charge in [0.2, 0.25) is 5.91 Å². The molecule has 0 heterocycles. The molecule has 0 fully saturated rings. The van der Waals surface area contributed by atoms with E-state index in [4.69, 9.17) is 5.73 Å². The smallest absolute Gasteiger partial charge is 0.261 e. The average Bonchev–Trinajstić information content (AvgIpc) is 2.52. The lowest BCUT2D eigenvalue weighted by Crippen LogP contribution is -2.33. The van der Waals surface area contributed by atoms with E-state index in [9.17, 15) is 18.0 Å². The lowest BCUT2D eigenvalue weighted by Gasteiger charge is -2.10. The second-order valence-corrected chi connectivity index (χ2v) is 6.83. The second kappa shape index (κ2) is 7.14. The minimum absolute atomic E-state index is 0.122. The first-order valence-electron chi connectivity index (χ1n) is 7.04. The molecule has 0 saturated carbocycles. The molecule has 0 aromatic heterocycles.